The lowest BCUT2D eigenvalue weighted by Gasteiger charge is -2.36. The van der Waals surface area contributed by atoms with Gasteiger partial charge < -0.3 is 20.3 Å². The maximum atomic E-state index is 13.1. The van der Waals surface area contributed by atoms with E-state index in [-0.39, 0.29) is 24.7 Å². The standard InChI is InChI=1S/C24H34ClN5O4/c1-5-34-22(31)20-19(15-29-11-8-12-30(14-13-29)24(33)26-16(2)3)28(4)23(32)27-21(20)17-9-6-7-10-18(17)25/h6-7,9-10,16,21H,5,8,11-15H2,1-4H3,(H,26,33)(H,27,32)/t21-/m1/s1. The molecule has 9 nitrogen and oxygen atoms in total. The Kier molecular flexibility index (Phi) is 8.79. The molecule has 0 bridgehead atoms. The topological polar surface area (TPSA) is 94.2 Å². The van der Waals surface area contributed by atoms with E-state index in [1.807, 2.05) is 24.8 Å². The van der Waals surface area contributed by atoms with E-state index in [1.165, 1.54) is 4.90 Å². The van der Waals surface area contributed by atoms with Crippen molar-refractivity contribution >= 4 is 29.6 Å². The van der Waals surface area contributed by atoms with Crippen molar-refractivity contribution in [2.75, 3.05) is 46.4 Å². The van der Waals surface area contributed by atoms with Gasteiger partial charge in [0.2, 0.25) is 0 Å². The van der Waals surface area contributed by atoms with Gasteiger partial charge in [-0.05, 0) is 38.8 Å². The van der Waals surface area contributed by atoms with Crippen molar-refractivity contribution in [2.45, 2.75) is 39.3 Å². The predicted octanol–water partition coefficient (Wildman–Crippen LogP) is 2.98. The third-order valence-electron chi connectivity index (χ3n) is 5.95. The van der Waals surface area contributed by atoms with Gasteiger partial charge in [0.05, 0.1) is 18.2 Å². The van der Waals surface area contributed by atoms with E-state index in [0.29, 0.717) is 48.0 Å². The van der Waals surface area contributed by atoms with Gasteiger partial charge in [0.15, 0.2) is 0 Å². The molecular weight excluding hydrogens is 458 g/mol. The number of halogens is 1. The number of hydrogen-bond donors (Lipinski definition) is 2. The quantitative estimate of drug-likeness (QED) is 0.597. The number of amides is 4. The lowest BCUT2D eigenvalue weighted by atomic mass is 9.94. The molecule has 1 saturated heterocycles. The molecule has 2 aliphatic heterocycles. The molecule has 2 aliphatic rings. The maximum Gasteiger partial charge on any atom is 0.338 e. The predicted molar refractivity (Wildman–Crippen MR) is 130 cm³/mol. The number of ether oxygens (including phenoxy) is 1. The monoisotopic (exact) mass is 491 g/mol. The molecule has 2 N–H and O–H groups in total. The number of likely N-dealkylation sites (N-methyl/N-ethyl adjacent to an activating group) is 1. The number of benzene rings is 1. The number of nitrogens with one attached hydrogen (secondary N) is 2. The van der Waals surface area contributed by atoms with Crippen LogP contribution in [0.5, 0.6) is 0 Å². The first kappa shape index (κ1) is 25.8. The minimum absolute atomic E-state index is 0.0697. The zero-order valence-electron chi connectivity index (χ0n) is 20.3. The lowest BCUT2D eigenvalue weighted by Crippen LogP contribution is -2.49. The van der Waals surface area contributed by atoms with E-state index in [0.717, 1.165) is 13.0 Å². The van der Waals surface area contributed by atoms with Crippen LogP contribution in [0.3, 0.4) is 0 Å². The molecule has 1 aromatic rings. The molecule has 0 aromatic heterocycles. The smallest absolute Gasteiger partial charge is 0.338 e. The molecule has 3 rings (SSSR count). The summed E-state index contributed by atoms with van der Waals surface area (Å²) in [5.41, 5.74) is 1.58. The highest BCUT2D eigenvalue weighted by atomic mass is 35.5. The van der Waals surface area contributed by atoms with Gasteiger partial charge in [-0.2, -0.15) is 0 Å². The second kappa shape index (κ2) is 11.6. The third-order valence-corrected chi connectivity index (χ3v) is 6.29. The summed E-state index contributed by atoms with van der Waals surface area (Å²) in [5, 5.41) is 6.29. The molecule has 34 heavy (non-hydrogen) atoms. The zero-order chi connectivity index (χ0) is 24.8. The number of carbonyl (C=O) groups excluding carboxylic acids is 3. The van der Waals surface area contributed by atoms with E-state index in [4.69, 9.17) is 16.3 Å². The fourth-order valence-electron chi connectivity index (χ4n) is 4.22. The van der Waals surface area contributed by atoms with Crippen molar-refractivity contribution < 1.29 is 19.1 Å². The third kappa shape index (κ3) is 6.01. The molecule has 0 spiro atoms. The van der Waals surface area contributed by atoms with Gasteiger partial charge >= 0.3 is 18.0 Å². The molecule has 0 saturated carbocycles. The fourth-order valence-corrected chi connectivity index (χ4v) is 4.47. The minimum Gasteiger partial charge on any atom is -0.463 e. The van der Waals surface area contributed by atoms with Crippen LogP contribution in [-0.2, 0) is 9.53 Å². The van der Waals surface area contributed by atoms with Crippen molar-refractivity contribution in [1.82, 2.24) is 25.3 Å². The SMILES string of the molecule is CCOC(=O)C1=C(CN2CCCN(C(=O)NC(C)C)CC2)N(C)C(=O)N[C@@H]1c1ccccc1Cl. The van der Waals surface area contributed by atoms with E-state index in [1.54, 1.807) is 32.2 Å². The van der Waals surface area contributed by atoms with Gasteiger partial charge in [-0.1, -0.05) is 29.8 Å². The highest BCUT2D eigenvalue weighted by Crippen LogP contribution is 2.34. The molecule has 0 unspecified atom stereocenters. The average molecular weight is 492 g/mol. The summed E-state index contributed by atoms with van der Waals surface area (Å²) in [7, 11) is 1.65. The maximum absolute atomic E-state index is 13.1. The summed E-state index contributed by atoms with van der Waals surface area (Å²) in [6.45, 7) is 8.77. The second-order valence-electron chi connectivity index (χ2n) is 8.76. The van der Waals surface area contributed by atoms with Crippen LogP contribution < -0.4 is 10.6 Å². The Balaban J connectivity index is 1.91. The summed E-state index contributed by atoms with van der Waals surface area (Å²) in [6, 6.07) is 6.11. The molecule has 1 atom stereocenters. The van der Waals surface area contributed by atoms with Gasteiger partial charge in [0.1, 0.15) is 0 Å². The van der Waals surface area contributed by atoms with Gasteiger partial charge in [0.25, 0.3) is 0 Å². The van der Waals surface area contributed by atoms with Crippen LogP contribution in [0, 0.1) is 0 Å². The normalized spacial score (nSPS) is 19.7. The molecule has 0 radical (unpaired) electrons. The van der Waals surface area contributed by atoms with Crippen LogP contribution in [0.15, 0.2) is 35.5 Å². The summed E-state index contributed by atoms with van der Waals surface area (Å²) in [6.07, 6.45) is 0.789. The summed E-state index contributed by atoms with van der Waals surface area (Å²) < 4.78 is 5.39. The number of urea groups is 2. The van der Waals surface area contributed by atoms with Crippen molar-refractivity contribution in [2.24, 2.45) is 0 Å². The molecular formula is C24H34ClN5O4. The van der Waals surface area contributed by atoms with E-state index in [9.17, 15) is 14.4 Å². The Morgan fingerprint density at radius 1 is 1.21 bits per heavy atom. The second-order valence-corrected chi connectivity index (χ2v) is 9.17. The number of nitrogens with zero attached hydrogens (tertiary/aromatic N) is 3. The molecule has 0 aliphatic carbocycles. The summed E-state index contributed by atoms with van der Waals surface area (Å²) in [4.78, 5) is 43.9. The van der Waals surface area contributed by atoms with Gasteiger partial charge in [0, 0.05) is 56.5 Å². The van der Waals surface area contributed by atoms with Crippen molar-refractivity contribution in [1.29, 1.82) is 0 Å². The van der Waals surface area contributed by atoms with Crippen molar-refractivity contribution in [3.8, 4) is 0 Å². The van der Waals surface area contributed by atoms with Crippen LogP contribution in [0.2, 0.25) is 5.02 Å². The molecule has 1 fully saturated rings. The summed E-state index contributed by atoms with van der Waals surface area (Å²) in [5.74, 6) is -0.484. The van der Waals surface area contributed by atoms with E-state index < -0.39 is 12.0 Å². The van der Waals surface area contributed by atoms with Crippen LogP contribution >= 0.6 is 11.6 Å². The minimum atomic E-state index is -0.716. The Morgan fingerprint density at radius 2 is 1.94 bits per heavy atom. The van der Waals surface area contributed by atoms with Crippen molar-refractivity contribution in [3.63, 3.8) is 0 Å². The van der Waals surface area contributed by atoms with Crippen LogP contribution in [0.25, 0.3) is 0 Å². The number of rotatable bonds is 6. The number of hydrogen-bond acceptors (Lipinski definition) is 5. The van der Waals surface area contributed by atoms with Crippen LogP contribution in [-0.4, -0.2) is 85.2 Å². The first-order valence-corrected chi connectivity index (χ1v) is 12.1. The Labute approximate surface area is 206 Å². The highest BCUT2D eigenvalue weighted by molar-refractivity contribution is 6.31. The van der Waals surface area contributed by atoms with Gasteiger partial charge in [-0.3, -0.25) is 9.80 Å². The molecule has 186 valence electrons. The largest absolute Gasteiger partial charge is 0.463 e. The Hall–Kier alpha value is -2.78. The van der Waals surface area contributed by atoms with E-state index >= 15 is 0 Å². The number of esters is 1. The van der Waals surface area contributed by atoms with Crippen LogP contribution in [0.4, 0.5) is 9.59 Å². The van der Waals surface area contributed by atoms with E-state index in [2.05, 4.69) is 15.5 Å². The molecule has 10 heteroatoms. The van der Waals surface area contributed by atoms with Gasteiger partial charge in [-0.15, -0.1) is 0 Å². The fraction of sp³-hybridized carbons (Fsp3) is 0.542. The molecule has 4 amide bonds. The average Bonchev–Trinajstić information content (AvgIpc) is 3.02. The van der Waals surface area contributed by atoms with Crippen molar-refractivity contribution in [3.05, 3.63) is 46.1 Å². The Bertz CT molecular complexity index is 951. The number of carbonyl (C=O) groups is 3. The first-order valence-electron chi connectivity index (χ1n) is 11.7. The molecule has 1 aromatic carbocycles. The molecule has 2 heterocycles. The van der Waals surface area contributed by atoms with Gasteiger partial charge in [-0.25, -0.2) is 14.4 Å². The lowest BCUT2D eigenvalue weighted by molar-refractivity contribution is -0.139. The Morgan fingerprint density at radius 3 is 2.62 bits per heavy atom. The highest BCUT2D eigenvalue weighted by Gasteiger charge is 2.38. The zero-order valence-corrected chi connectivity index (χ0v) is 21.0. The van der Waals surface area contributed by atoms with Crippen LogP contribution in [0.1, 0.15) is 38.8 Å². The summed E-state index contributed by atoms with van der Waals surface area (Å²) >= 11 is 6.44. The first-order chi connectivity index (χ1) is 16.2.